The number of fused-ring (bicyclic) bond motifs is 6. The van der Waals surface area contributed by atoms with Crippen LogP contribution in [0.3, 0.4) is 0 Å². The Labute approximate surface area is 389 Å². The number of rotatable bonds is 12. The second-order valence-corrected chi connectivity index (χ2v) is 18.0. The van der Waals surface area contributed by atoms with Crippen molar-refractivity contribution in [1.29, 1.82) is 0 Å². The normalized spacial score (nSPS) is 19.9. The molecule has 16 nitrogen and oxygen atoms in total. The zero-order valence-electron chi connectivity index (χ0n) is 37.2. The van der Waals surface area contributed by atoms with E-state index in [-0.39, 0.29) is 42.3 Å². The van der Waals surface area contributed by atoms with E-state index in [1.165, 1.54) is 25.9 Å². The molecule has 0 aliphatic carbocycles. The van der Waals surface area contributed by atoms with Crippen LogP contribution in [-0.4, -0.2) is 131 Å². The minimum Gasteiger partial charge on any atom is -0.467 e. The van der Waals surface area contributed by atoms with Crippen LogP contribution in [0, 0.1) is 0 Å². The standard InChI is InChI=1S/C48H49ClN4O12S/c1-26(54)61-38-23-39(62-27(2)55)47(65-43(38)46(58)60-6)63-36-22-35-42(33-14-10-9-13-32(33)36)28(24-49)25-53(35)45(57)41-16-15-40(66-41)44(56)52-18-17-30-29-11-7-8-12-31(29)37(21-34(30)52)64-48(59)51(5)20-19-50(3)4/h7-16,21-22,28,38-39,43,47H,17-20,23-25H2,1-6H3/t28-,38+,39-,43?,47?/m1/s1. The first-order valence-electron chi connectivity index (χ1n) is 21.4. The number of ether oxygens (including phenoxy) is 6. The van der Waals surface area contributed by atoms with Crippen LogP contribution in [0.4, 0.5) is 16.2 Å². The van der Waals surface area contributed by atoms with Crippen LogP contribution in [0.25, 0.3) is 21.5 Å². The molecule has 0 saturated carbocycles. The van der Waals surface area contributed by atoms with Crippen molar-refractivity contribution >= 4 is 91.7 Å². The van der Waals surface area contributed by atoms with Crippen LogP contribution >= 0.6 is 22.9 Å². The molecule has 0 bridgehead atoms. The first-order chi connectivity index (χ1) is 31.7. The van der Waals surface area contributed by atoms with Gasteiger partial charge in [-0.25, -0.2) is 9.59 Å². The minimum absolute atomic E-state index is 0.131. The topological polar surface area (TPSA) is 171 Å². The Hall–Kier alpha value is -6.27. The molecule has 66 heavy (non-hydrogen) atoms. The van der Waals surface area contributed by atoms with E-state index < -0.39 is 48.6 Å². The van der Waals surface area contributed by atoms with Gasteiger partial charge >= 0.3 is 24.0 Å². The molecule has 1 saturated heterocycles. The summed E-state index contributed by atoms with van der Waals surface area (Å²) < 4.78 is 34.4. The maximum absolute atomic E-state index is 14.6. The van der Waals surface area contributed by atoms with Crippen molar-refractivity contribution in [2.45, 2.75) is 57.2 Å². The summed E-state index contributed by atoms with van der Waals surface area (Å²) in [5.74, 6) is -2.30. The summed E-state index contributed by atoms with van der Waals surface area (Å²) >= 11 is 7.67. The van der Waals surface area contributed by atoms with Gasteiger partial charge in [-0.3, -0.25) is 19.2 Å². The average molecular weight is 941 g/mol. The summed E-state index contributed by atoms with van der Waals surface area (Å²) in [7, 11) is 6.70. The van der Waals surface area contributed by atoms with Gasteiger partial charge in [0.2, 0.25) is 6.29 Å². The van der Waals surface area contributed by atoms with E-state index in [0.717, 1.165) is 38.6 Å². The van der Waals surface area contributed by atoms with Gasteiger partial charge in [0, 0.05) is 88.2 Å². The van der Waals surface area contributed by atoms with Crippen LogP contribution in [0.5, 0.6) is 11.5 Å². The Bertz CT molecular complexity index is 2740. The molecule has 4 aromatic carbocycles. The van der Waals surface area contributed by atoms with Crippen molar-refractivity contribution in [2.75, 3.05) is 70.1 Å². The number of thiophene rings is 1. The number of carbonyl (C=O) groups is 6. The van der Waals surface area contributed by atoms with E-state index in [9.17, 15) is 28.8 Å². The molecule has 346 valence electrons. The largest absolute Gasteiger partial charge is 0.467 e. The molecule has 5 atom stereocenters. The zero-order chi connectivity index (χ0) is 47.0. The highest BCUT2D eigenvalue weighted by Crippen LogP contribution is 2.47. The van der Waals surface area contributed by atoms with Crippen molar-refractivity contribution in [3.8, 4) is 11.5 Å². The fourth-order valence-corrected chi connectivity index (χ4v) is 9.94. The third-order valence-corrected chi connectivity index (χ3v) is 13.3. The molecule has 18 heteroatoms. The molecule has 0 spiro atoms. The molecular formula is C48H49ClN4O12S. The molecule has 4 heterocycles. The summed E-state index contributed by atoms with van der Waals surface area (Å²) in [6.07, 6.45) is -5.07. The van der Waals surface area contributed by atoms with E-state index >= 15 is 0 Å². The lowest BCUT2D eigenvalue weighted by atomic mass is 9.95. The summed E-state index contributed by atoms with van der Waals surface area (Å²) in [6, 6.07) is 21.8. The Morgan fingerprint density at radius 3 is 2.02 bits per heavy atom. The monoisotopic (exact) mass is 940 g/mol. The van der Waals surface area contributed by atoms with E-state index in [0.29, 0.717) is 58.3 Å². The molecule has 3 amide bonds. The van der Waals surface area contributed by atoms with Gasteiger partial charge in [0.15, 0.2) is 12.2 Å². The van der Waals surface area contributed by atoms with Gasteiger partial charge in [-0.15, -0.1) is 22.9 Å². The summed E-state index contributed by atoms with van der Waals surface area (Å²) in [4.78, 5) is 86.8. The fraction of sp³-hybridized carbons (Fsp3) is 0.375. The number of carbonyl (C=O) groups excluding carboxylic acids is 6. The van der Waals surface area contributed by atoms with Crippen LogP contribution in [0.2, 0.25) is 0 Å². The quantitative estimate of drug-likeness (QED) is 0.0731. The lowest BCUT2D eigenvalue weighted by molar-refractivity contribution is -0.248. The number of hydrogen-bond acceptors (Lipinski definition) is 14. The number of hydrogen-bond donors (Lipinski definition) is 0. The van der Waals surface area contributed by atoms with Gasteiger partial charge < -0.3 is 48.0 Å². The van der Waals surface area contributed by atoms with Gasteiger partial charge in [0.05, 0.1) is 28.2 Å². The second-order valence-electron chi connectivity index (χ2n) is 16.6. The highest BCUT2D eigenvalue weighted by atomic mass is 35.5. The zero-order valence-corrected chi connectivity index (χ0v) is 38.8. The third-order valence-electron chi connectivity index (χ3n) is 11.9. The highest BCUT2D eigenvalue weighted by Gasteiger charge is 2.47. The minimum atomic E-state index is -1.40. The third kappa shape index (κ3) is 9.12. The number of alkyl halides is 1. The number of anilines is 2. The highest BCUT2D eigenvalue weighted by molar-refractivity contribution is 7.16. The smallest absolute Gasteiger partial charge is 0.415 e. The predicted molar refractivity (Wildman–Crippen MR) is 247 cm³/mol. The molecule has 0 radical (unpaired) electrons. The van der Waals surface area contributed by atoms with Gasteiger partial charge in [0.25, 0.3) is 11.8 Å². The number of halogens is 1. The number of amides is 3. The lowest BCUT2D eigenvalue weighted by Crippen LogP contribution is -2.55. The van der Waals surface area contributed by atoms with Crippen molar-refractivity contribution in [3.63, 3.8) is 0 Å². The lowest BCUT2D eigenvalue weighted by Gasteiger charge is -2.38. The average Bonchev–Trinajstić information content (AvgIpc) is 4.06. The summed E-state index contributed by atoms with van der Waals surface area (Å²) in [5, 5.41) is 3.04. The van der Waals surface area contributed by atoms with Crippen molar-refractivity contribution < 1.29 is 57.2 Å². The van der Waals surface area contributed by atoms with E-state index in [1.54, 1.807) is 41.1 Å². The Balaban J connectivity index is 1.09. The van der Waals surface area contributed by atoms with Crippen molar-refractivity contribution in [3.05, 3.63) is 93.7 Å². The van der Waals surface area contributed by atoms with Crippen LogP contribution in [0.1, 0.15) is 56.7 Å². The summed E-state index contributed by atoms with van der Waals surface area (Å²) in [6.45, 7) is 4.14. The fourth-order valence-electron chi connectivity index (χ4n) is 8.78. The van der Waals surface area contributed by atoms with Crippen LogP contribution in [-0.2, 0) is 39.8 Å². The maximum atomic E-state index is 14.6. The molecule has 2 unspecified atom stereocenters. The van der Waals surface area contributed by atoms with E-state index in [2.05, 4.69) is 0 Å². The number of methoxy groups -OCH3 is 1. The number of likely N-dealkylation sites (N-methyl/N-ethyl adjacent to an activating group) is 2. The van der Waals surface area contributed by atoms with Gasteiger partial charge in [-0.1, -0.05) is 48.5 Å². The van der Waals surface area contributed by atoms with Gasteiger partial charge in [0.1, 0.15) is 17.6 Å². The molecule has 0 N–H and O–H groups in total. The molecule has 5 aromatic rings. The number of benzene rings is 4. The van der Waals surface area contributed by atoms with E-state index in [1.807, 2.05) is 67.5 Å². The molecule has 8 rings (SSSR count). The Kier molecular flexibility index (Phi) is 13.5. The van der Waals surface area contributed by atoms with Crippen molar-refractivity contribution in [1.82, 2.24) is 9.80 Å². The Morgan fingerprint density at radius 1 is 0.773 bits per heavy atom. The molecular weight excluding hydrogens is 892 g/mol. The molecule has 1 fully saturated rings. The molecule has 1 aromatic heterocycles. The SMILES string of the molecule is COC(=O)C1OC(Oc2cc3c(c4ccccc24)[C@H](CCl)CN3C(=O)c2ccc(C(=O)N3CCc4c3cc(OC(=O)N(C)CCN(C)C)c3ccccc43)s2)[C@H](OC(C)=O)C[C@@H]1OC(C)=O. The first-order valence-corrected chi connectivity index (χ1v) is 22.7. The van der Waals surface area contributed by atoms with Crippen LogP contribution in [0.15, 0.2) is 72.8 Å². The van der Waals surface area contributed by atoms with Crippen molar-refractivity contribution in [2.24, 2.45) is 0 Å². The van der Waals surface area contributed by atoms with Crippen LogP contribution < -0.4 is 19.3 Å². The van der Waals surface area contributed by atoms with E-state index in [4.69, 9.17) is 40.0 Å². The first kappa shape index (κ1) is 46.3. The summed E-state index contributed by atoms with van der Waals surface area (Å²) in [5.41, 5.74) is 2.92. The molecule has 3 aliphatic heterocycles. The van der Waals surface area contributed by atoms with Gasteiger partial charge in [-0.05, 0) is 54.5 Å². The predicted octanol–water partition coefficient (Wildman–Crippen LogP) is 6.76. The number of esters is 3. The molecule has 3 aliphatic rings. The maximum Gasteiger partial charge on any atom is 0.415 e. The Morgan fingerprint density at radius 2 is 1.38 bits per heavy atom. The second kappa shape index (κ2) is 19.3. The van der Waals surface area contributed by atoms with Gasteiger partial charge in [-0.2, -0.15) is 0 Å². The number of nitrogens with zero attached hydrogens (tertiary/aromatic N) is 4.